The maximum Gasteiger partial charge on any atom is 0.0746 e. The average molecular weight is 327 g/mol. The van der Waals surface area contributed by atoms with Gasteiger partial charge in [0.05, 0.1) is 25.0 Å². The molecule has 1 fully saturated rings. The van der Waals surface area contributed by atoms with Crippen LogP contribution in [0.2, 0.25) is 0 Å². The minimum atomic E-state index is 0.233. The van der Waals surface area contributed by atoms with Crippen LogP contribution in [0, 0.1) is 0 Å². The number of ether oxygens (including phenoxy) is 2. The van der Waals surface area contributed by atoms with Gasteiger partial charge in [-0.1, -0.05) is 6.07 Å². The summed E-state index contributed by atoms with van der Waals surface area (Å²) in [6.07, 6.45) is 7.81. The van der Waals surface area contributed by atoms with Gasteiger partial charge in [0.2, 0.25) is 0 Å². The summed E-state index contributed by atoms with van der Waals surface area (Å²) in [6.45, 7) is 3.18. The number of hydrogen-bond donors (Lipinski definition) is 0. The maximum absolute atomic E-state index is 6.09. The van der Waals surface area contributed by atoms with E-state index in [9.17, 15) is 0 Å². The van der Waals surface area contributed by atoms with Gasteiger partial charge < -0.3 is 9.47 Å². The van der Waals surface area contributed by atoms with Gasteiger partial charge in [-0.25, -0.2) is 0 Å². The number of rotatable bonds is 8. The second kappa shape index (κ2) is 8.87. The summed E-state index contributed by atoms with van der Waals surface area (Å²) in [5.41, 5.74) is 2.40. The largest absolute Gasteiger partial charge is 0.382 e. The number of nitrogens with zero attached hydrogens (tertiary/aromatic N) is 3. The summed E-state index contributed by atoms with van der Waals surface area (Å²) in [7, 11) is 1.71. The van der Waals surface area contributed by atoms with Crippen LogP contribution in [-0.4, -0.2) is 53.9 Å². The molecule has 0 unspecified atom stereocenters. The second-order valence-electron chi connectivity index (χ2n) is 6.11. The van der Waals surface area contributed by atoms with Crippen molar-refractivity contribution in [1.29, 1.82) is 0 Å². The van der Waals surface area contributed by atoms with Gasteiger partial charge in [-0.3, -0.25) is 14.9 Å². The highest BCUT2D eigenvalue weighted by Gasteiger charge is 2.34. The molecule has 1 aliphatic heterocycles. The van der Waals surface area contributed by atoms with E-state index in [2.05, 4.69) is 33.1 Å². The third-order valence-corrected chi connectivity index (χ3v) is 4.50. The third-order valence-electron chi connectivity index (χ3n) is 4.50. The van der Waals surface area contributed by atoms with E-state index in [0.717, 1.165) is 31.6 Å². The molecule has 5 nitrogen and oxygen atoms in total. The molecule has 0 N–H and O–H groups in total. The zero-order valence-electron chi connectivity index (χ0n) is 14.2. The van der Waals surface area contributed by atoms with Crippen molar-refractivity contribution >= 4 is 0 Å². The third kappa shape index (κ3) is 4.60. The predicted molar refractivity (Wildman–Crippen MR) is 92.6 cm³/mol. The Kier molecular flexibility index (Phi) is 6.29. The highest BCUT2D eigenvalue weighted by atomic mass is 16.5. The molecule has 0 spiro atoms. The topological polar surface area (TPSA) is 47.5 Å². The molecule has 0 amide bonds. The molecule has 0 radical (unpaired) electrons. The molecule has 3 heterocycles. The van der Waals surface area contributed by atoms with Crippen LogP contribution in [0.4, 0.5) is 0 Å². The first kappa shape index (κ1) is 17.0. The highest BCUT2D eigenvalue weighted by molar-refractivity contribution is 5.14. The summed E-state index contributed by atoms with van der Waals surface area (Å²) in [5.74, 6) is 0. The van der Waals surface area contributed by atoms with Crippen molar-refractivity contribution in [3.63, 3.8) is 0 Å². The van der Waals surface area contributed by atoms with Crippen molar-refractivity contribution in [3.8, 4) is 0 Å². The summed E-state index contributed by atoms with van der Waals surface area (Å²) in [5, 5.41) is 0. The molecule has 5 heteroatoms. The van der Waals surface area contributed by atoms with Crippen LogP contribution in [0.15, 0.2) is 48.9 Å². The molecular weight excluding hydrogens is 302 g/mol. The Balaban J connectivity index is 1.69. The molecule has 0 aromatic carbocycles. The lowest BCUT2D eigenvalue weighted by atomic mass is 10.0. The molecule has 0 saturated carbocycles. The van der Waals surface area contributed by atoms with E-state index in [1.165, 1.54) is 5.56 Å². The van der Waals surface area contributed by atoms with Crippen LogP contribution in [0.25, 0.3) is 0 Å². The normalized spacial score (nSPS) is 21.2. The summed E-state index contributed by atoms with van der Waals surface area (Å²) in [4.78, 5) is 11.1. The van der Waals surface area contributed by atoms with E-state index < -0.39 is 0 Å². The Labute approximate surface area is 143 Å². The number of hydrogen-bond acceptors (Lipinski definition) is 5. The van der Waals surface area contributed by atoms with Crippen molar-refractivity contribution in [2.75, 3.05) is 26.9 Å². The van der Waals surface area contributed by atoms with Crippen LogP contribution in [0.1, 0.15) is 17.7 Å². The van der Waals surface area contributed by atoms with Gasteiger partial charge in [-0.2, -0.15) is 0 Å². The Morgan fingerprint density at radius 2 is 2.00 bits per heavy atom. The van der Waals surface area contributed by atoms with Crippen LogP contribution >= 0.6 is 0 Å². The Hall–Kier alpha value is -1.82. The predicted octanol–water partition coefficient (Wildman–Crippen LogP) is 2.33. The summed E-state index contributed by atoms with van der Waals surface area (Å²) < 4.78 is 11.2. The lowest BCUT2D eigenvalue weighted by Crippen LogP contribution is -2.38. The Bertz CT molecular complexity index is 594. The minimum absolute atomic E-state index is 0.233. The fraction of sp³-hybridized carbons (Fsp3) is 0.474. The summed E-state index contributed by atoms with van der Waals surface area (Å²) in [6, 6.07) is 10.6. The smallest absolute Gasteiger partial charge is 0.0746 e. The first-order valence-corrected chi connectivity index (χ1v) is 8.50. The van der Waals surface area contributed by atoms with Gasteiger partial charge in [-0.15, -0.1) is 0 Å². The van der Waals surface area contributed by atoms with Gasteiger partial charge in [-0.05, 0) is 42.7 Å². The zero-order valence-corrected chi connectivity index (χ0v) is 14.2. The number of aromatic nitrogens is 2. The Morgan fingerprint density at radius 3 is 2.75 bits per heavy atom. The molecule has 2 aromatic rings. The zero-order chi connectivity index (χ0) is 16.6. The standard InChI is InChI=1S/C19H25N3O2/c1-23-12-13-24-19-7-11-22(15-17-4-2-3-8-21-17)18(19)14-16-5-9-20-10-6-16/h2-6,8-10,18-19H,7,11-15H2,1H3/t18-,19+/m0/s1. The Morgan fingerprint density at radius 1 is 1.12 bits per heavy atom. The van der Waals surface area contributed by atoms with Gasteiger partial charge in [0.15, 0.2) is 0 Å². The molecule has 3 rings (SSSR count). The lowest BCUT2D eigenvalue weighted by molar-refractivity contribution is -0.00142. The number of methoxy groups -OCH3 is 1. The van der Waals surface area contributed by atoms with Crippen molar-refractivity contribution in [1.82, 2.24) is 14.9 Å². The molecule has 24 heavy (non-hydrogen) atoms. The molecule has 0 bridgehead atoms. The first-order valence-electron chi connectivity index (χ1n) is 8.50. The highest BCUT2D eigenvalue weighted by Crippen LogP contribution is 2.25. The maximum atomic E-state index is 6.09. The van der Waals surface area contributed by atoms with Crippen molar-refractivity contribution in [2.24, 2.45) is 0 Å². The van der Waals surface area contributed by atoms with Crippen molar-refractivity contribution in [3.05, 3.63) is 60.2 Å². The minimum Gasteiger partial charge on any atom is -0.382 e. The van der Waals surface area contributed by atoms with Gasteiger partial charge in [0.25, 0.3) is 0 Å². The van der Waals surface area contributed by atoms with E-state index in [-0.39, 0.29) is 6.10 Å². The van der Waals surface area contributed by atoms with E-state index in [4.69, 9.17) is 9.47 Å². The average Bonchev–Trinajstić information content (AvgIpc) is 2.99. The van der Waals surface area contributed by atoms with Crippen molar-refractivity contribution in [2.45, 2.75) is 31.5 Å². The summed E-state index contributed by atoms with van der Waals surface area (Å²) >= 11 is 0. The van der Waals surface area contributed by atoms with E-state index in [1.807, 2.05) is 30.7 Å². The lowest BCUT2D eigenvalue weighted by Gasteiger charge is -2.28. The molecular formula is C19H25N3O2. The fourth-order valence-electron chi connectivity index (χ4n) is 3.28. The SMILES string of the molecule is COCCO[C@@H]1CCN(Cc2ccccn2)[C@H]1Cc1ccncc1. The number of pyridine rings is 2. The molecule has 128 valence electrons. The molecule has 2 atom stereocenters. The number of likely N-dealkylation sites (tertiary alicyclic amines) is 1. The molecule has 1 saturated heterocycles. The van der Waals surface area contributed by atoms with E-state index in [1.54, 1.807) is 7.11 Å². The molecule has 2 aromatic heterocycles. The molecule has 1 aliphatic rings. The van der Waals surface area contributed by atoms with Gasteiger partial charge >= 0.3 is 0 Å². The second-order valence-corrected chi connectivity index (χ2v) is 6.11. The van der Waals surface area contributed by atoms with Crippen LogP contribution in [0.3, 0.4) is 0 Å². The van der Waals surface area contributed by atoms with E-state index >= 15 is 0 Å². The van der Waals surface area contributed by atoms with Crippen LogP contribution in [-0.2, 0) is 22.4 Å². The van der Waals surface area contributed by atoms with Crippen molar-refractivity contribution < 1.29 is 9.47 Å². The fourth-order valence-corrected chi connectivity index (χ4v) is 3.28. The van der Waals surface area contributed by atoms with Crippen LogP contribution in [0.5, 0.6) is 0 Å². The van der Waals surface area contributed by atoms with E-state index in [0.29, 0.717) is 19.3 Å². The monoisotopic (exact) mass is 327 g/mol. The first-order chi connectivity index (χ1) is 11.9. The quantitative estimate of drug-likeness (QED) is 0.697. The van der Waals surface area contributed by atoms with Gasteiger partial charge in [0, 0.05) is 44.8 Å². The van der Waals surface area contributed by atoms with Crippen LogP contribution < -0.4 is 0 Å². The van der Waals surface area contributed by atoms with Gasteiger partial charge in [0.1, 0.15) is 0 Å². The molecule has 0 aliphatic carbocycles.